The Morgan fingerprint density at radius 3 is 2.65 bits per heavy atom. The molecule has 0 bridgehead atoms. The van der Waals surface area contributed by atoms with Gasteiger partial charge in [-0.3, -0.25) is 0 Å². The third-order valence-corrected chi connectivity index (χ3v) is 4.54. The molecule has 1 saturated heterocycles. The quantitative estimate of drug-likeness (QED) is 0.703. The molecular formula is C18H17Cl2F2N3O. The lowest BCUT2D eigenvalue weighted by Crippen LogP contribution is -2.34. The van der Waals surface area contributed by atoms with Crippen LogP contribution in [0.2, 0.25) is 5.02 Å². The lowest BCUT2D eigenvalue weighted by molar-refractivity contribution is 0.157. The molecule has 0 spiro atoms. The normalized spacial score (nSPS) is 15.0. The molecular weight excluding hydrogens is 383 g/mol. The summed E-state index contributed by atoms with van der Waals surface area (Å²) < 4.78 is 35.2. The van der Waals surface area contributed by atoms with Gasteiger partial charge in [-0.05, 0) is 56.3 Å². The molecule has 0 aliphatic carbocycles. The van der Waals surface area contributed by atoms with Crippen LogP contribution in [0.25, 0.3) is 16.6 Å². The third kappa shape index (κ3) is 3.63. The van der Waals surface area contributed by atoms with Crippen LogP contribution < -0.4 is 10.1 Å². The summed E-state index contributed by atoms with van der Waals surface area (Å²) in [4.78, 5) is 0. The number of fused-ring (bicyclic) bond motifs is 1. The zero-order chi connectivity index (χ0) is 17.4. The first kappa shape index (κ1) is 18.9. The van der Waals surface area contributed by atoms with Gasteiger partial charge in [0.05, 0.1) is 10.9 Å². The Labute approximate surface area is 160 Å². The summed E-state index contributed by atoms with van der Waals surface area (Å²) in [5.41, 5.74) is 0.644. The van der Waals surface area contributed by atoms with Crippen molar-refractivity contribution in [1.29, 1.82) is 0 Å². The SMILES string of the molecule is Cl.Fc1ccc(F)c(-n2nc(OC3CCNCC3)c3cc(Cl)ccc32)c1. The maximum atomic E-state index is 14.2. The summed E-state index contributed by atoms with van der Waals surface area (Å²) in [6, 6.07) is 8.42. The highest BCUT2D eigenvalue weighted by molar-refractivity contribution is 6.31. The van der Waals surface area contributed by atoms with Crippen molar-refractivity contribution in [1.82, 2.24) is 15.1 Å². The van der Waals surface area contributed by atoms with E-state index in [2.05, 4.69) is 10.4 Å². The molecule has 1 aromatic heterocycles. The van der Waals surface area contributed by atoms with E-state index in [0.29, 0.717) is 21.8 Å². The average molecular weight is 400 g/mol. The van der Waals surface area contributed by atoms with E-state index in [0.717, 1.165) is 44.1 Å². The molecule has 138 valence electrons. The molecule has 4 rings (SSSR count). The van der Waals surface area contributed by atoms with Crippen LogP contribution in [0.1, 0.15) is 12.8 Å². The molecule has 1 N–H and O–H groups in total. The van der Waals surface area contributed by atoms with Crippen molar-refractivity contribution in [2.24, 2.45) is 0 Å². The topological polar surface area (TPSA) is 39.1 Å². The molecule has 3 aromatic rings. The highest BCUT2D eigenvalue weighted by atomic mass is 35.5. The van der Waals surface area contributed by atoms with Gasteiger partial charge in [0.15, 0.2) is 0 Å². The summed E-state index contributed by atoms with van der Waals surface area (Å²) in [5.74, 6) is -0.711. The second-order valence-corrected chi connectivity index (χ2v) is 6.48. The fourth-order valence-electron chi connectivity index (χ4n) is 3.05. The van der Waals surface area contributed by atoms with Gasteiger partial charge in [-0.25, -0.2) is 13.5 Å². The summed E-state index contributed by atoms with van der Waals surface area (Å²) in [5, 5.41) is 8.88. The molecule has 1 aliphatic heterocycles. The van der Waals surface area contributed by atoms with Crippen LogP contribution in [0.5, 0.6) is 5.88 Å². The number of nitrogens with one attached hydrogen (secondary N) is 1. The van der Waals surface area contributed by atoms with Crippen LogP contribution in [-0.4, -0.2) is 29.0 Å². The lowest BCUT2D eigenvalue weighted by Gasteiger charge is -2.22. The van der Waals surface area contributed by atoms with E-state index in [1.54, 1.807) is 18.2 Å². The number of piperidine rings is 1. The fraction of sp³-hybridized carbons (Fsp3) is 0.278. The molecule has 8 heteroatoms. The average Bonchev–Trinajstić information content (AvgIpc) is 2.95. The Kier molecular flexibility index (Phi) is 5.65. The van der Waals surface area contributed by atoms with Crippen molar-refractivity contribution in [3.8, 4) is 11.6 Å². The summed E-state index contributed by atoms with van der Waals surface area (Å²) in [6.45, 7) is 1.76. The van der Waals surface area contributed by atoms with E-state index in [4.69, 9.17) is 16.3 Å². The monoisotopic (exact) mass is 399 g/mol. The van der Waals surface area contributed by atoms with Crippen molar-refractivity contribution in [3.05, 3.63) is 53.1 Å². The first-order chi connectivity index (χ1) is 12.1. The zero-order valence-corrected chi connectivity index (χ0v) is 15.3. The summed E-state index contributed by atoms with van der Waals surface area (Å²) in [7, 11) is 0. The molecule has 26 heavy (non-hydrogen) atoms. The van der Waals surface area contributed by atoms with Gasteiger partial charge in [0.25, 0.3) is 0 Å². The standard InChI is InChI=1S/C18H16ClF2N3O.ClH/c19-11-1-4-16-14(9-11)18(25-13-5-7-22-8-6-13)23-24(16)17-10-12(20)2-3-15(17)21;/h1-4,9-10,13,22H,5-8H2;1H. The summed E-state index contributed by atoms with van der Waals surface area (Å²) in [6.07, 6.45) is 1.76. The molecule has 0 atom stereocenters. The Morgan fingerprint density at radius 1 is 1.12 bits per heavy atom. The minimum absolute atomic E-state index is 0. The van der Waals surface area contributed by atoms with Crippen LogP contribution in [-0.2, 0) is 0 Å². The first-order valence-corrected chi connectivity index (χ1v) is 8.51. The molecule has 2 heterocycles. The number of aromatic nitrogens is 2. The highest BCUT2D eigenvalue weighted by Gasteiger charge is 2.21. The Hall–Kier alpha value is -1.89. The van der Waals surface area contributed by atoms with Crippen molar-refractivity contribution < 1.29 is 13.5 Å². The van der Waals surface area contributed by atoms with Gasteiger partial charge >= 0.3 is 0 Å². The molecule has 2 aromatic carbocycles. The van der Waals surface area contributed by atoms with Gasteiger partial charge in [0.1, 0.15) is 23.4 Å². The molecule has 0 saturated carbocycles. The van der Waals surface area contributed by atoms with E-state index in [1.807, 2.05) is 0 Å². The van der Waals surface area contributed by atoms with Gasteiger partial charge in [-0.2, -0.15) is 0 Å². The van der Waals surface area contributed by atoms with Gasteiger partial charge in [-0.15, -0.1) is 17.5 Å². The van der Waals surface area contributed by atoms with Crippen LogP contribution in [0.15, 0.2) is 36.4 Å². The molecule has 4 nitrogen and oxygen atoms in total. The van der Waals surface area contributed by atoms with Gasteiger partial charge < -0.3 is 10.1 Å². The molecule has 1 aliphatic rings. The van der Waals surface area contributed by atoms with Gasteiger partial charge in [0, 0.05) is 11.1 Å². The van der Waals surface area contributed by atoms with E-state index in [-0.39, 0.29) is 24.2 Å². The number of ether oxygens (including phenoxy) is 1. The first-order valence-electron chi connectivity index (χ1n) is 8.13. The molecule has 0 unspecified atom stereocenters. The lowest BCUT2D eigenvalue weighted by atomic mass is 10.1. The maximum Gasteiger partial charge on any atom is 0.241 e. The zero-order valence-electron chi connectivity index (χ0n) is 13.7. The predicted octanol–water partition coefficient (Wildman–Crippen LogP) is 4.51. The molecule has 0 radical (unpaired) electrons. The van der Waals surface area contributed by atoms with E-state index in [9.17, 15) is 8.78 Å². The minimum Gasteiger partial charge on any atom is -0.473 e. The van der Waals surface area contributed by atoms with Crippen molar-refractivity contribution in [2.45, 2.75) is 18.9 Å². The smallest absolute Gasteiger partial charge is 0.241 e. The Morgan fingerprint density at radius 2 is 1.88 bits per heavy atom. The number of halogens is 4. The fourth-order valence-corrected chi connectivity index (χ4v) is 3.22. The van der Waals surface area contributed by atoms with Crippen LogP contribution in [0, 0.1) is 11.6 Å². The minimum atomic E-state index is -0.561. The van der Waals surface area contributed by atoms with Gasteiger partial charge in [-0.1, -0.05) is 11.6 Å². The van der Waals surface area contributed by atoms with Crippen molar-refractivity contribution in [3.63, 3.8) is 0 Å². The van der Waals surface area contributed by atoms with Crippen molar-refractivity contribution >= 4 is 34.9 Å². The predicted molar refractivity (Wildman–Crippen MR) is 99.8 cm³/mol. The molecule has 0 amide bonds. The van der Waals surface area contributed by atoms with Gasteiger partial charge in [0.2, 0.25) is 5.88 Å². The Bertz CT molecular complexity index is 926. The van der Waals surface area contributed by atoms with E-state index < -0.39 is 11.6 Å². The van der Waals surface area contributed by atoms with Crippen LogP contribution >= 0.6 is 24.0 Å². The summed E-state index contributed by atoms with van der Waals surface area (Å²) >= 11 is 6.11. The maximum absolute atomic E-state index is 14.2. The largest absolute Gasteiger partial charge is 0.473 e. The third-order valence-electron chi connectivity index (χ3n) is 4.31. The second kappa shape index (κ2) is 7.78. The number of nitrogens with zero attached hydrogens (tertiary/aromatic N) is 2. The number of rotatable bonds is 3. The van der Waals surface area contributed by atoms with Crippen LogP contribution in [0.3, 0.4) is 0 Å². The number of hydrogen-bond donors (Lipinski definition) is 1. The van der Waals surface area contributed by atoms with Crippen molar-refractivity contribution in [2.75, 3.05) is 13.1 Å². The highest BCUT2D eigenvalue weighted by Crippen LogP contribution is 2.32. The van der Waals surface area contributed by atoms with Crippen LogP contribution in [0.4, 0.5) is 8.78 Å². The van der Waals surface area contributed by atoms with E-state index in [1.165, 1.54) is 4.68 Å². The Balaban J connectivity index is 0.00000196. The second-order valence-electron chi connectivity index (χ2n) is 6.04. The molecule has 1 fully saturated rings. The number of benzene rings is 2. The number of hydrogen-bond acceptors (Lipinski definition) is 3. The van der Waals surface area contributed by atoms with E-state index >= 15 is 0 Å².